The smallest absolute Gasteiger partial charge is 0.355 e. The lowest BCUT2D eigenvalue weighted by Crippen LogP contribution is -2.49. The van der Waals surface area contributed by atoms with Crippen molar-refractivity contribution in [3.63, 3.8) is 0 Å². The topological polar surface area (TPSA) is 64.3 Å². The van der Waals surface area contributed by atoms with Gasteiger partial charge in [0.05, 0.1) is 23.1 Å². The molecule has 1 aliphatic rings. The van der Waals surface area contributed by atoms with Crippen LogP contribution in [0.1, 0.15) is 23.0 Å². The molecule has 0 spiro atoms. The molecule has 4 rings (SSSR count). The van der Waals surface area contributed by atoms with Crippen molar-refractivity contribution in [2.45, 2.75) is 18.6 Å². The molecule has 0 saturated carbocycles. The average Bonchev–Trinajstić information content (AvgIpc) is 3.17. The third-order valence-electron chi connectivity index (χ3n) is 5.84. The molecule has 1 aromatic heterocycles. The number of alkyl halides is 3. The van der Waals surface area contributed by atoms with Crippen LogP contribution in [0.25, 0.3) is 11.0 Å². The number of piperazine rings is 1. The molecule has 1 atom stereocenters. The molecule has 1 fully saturated rings. The van der Waals surface area contributed by atoms with Crippen LogP contribution in [0.2, 0.25) is 0 Å². The fraction of sp³-hybridized carbons (Fsp3) is 0.391. The molecule has 0 bridgehead atoms. The SMILES string of the molecule is CN1CCN(CC(=O)NCCc2nc3ccccc3[nH]2)CC1c1ccc(C(F)(F)F)cc1. The minimum atomic E-state index is -4.34. The summed E-state index contributed by atoms with van der Waals surface area (Å²) >= 11 is 0. The minimum Gasteiger partial charge on any atom is -0.355 e. The highest BCUT2D eigenvalue weighted by molar-refractivity contribution is 5.78. The van der Waals surface area contributed by atoms with E-state index < -0.39 is 11.7 Å². The van der Waals surface area contributed by atoms with Gasteiger partial charge in [-0.05, 0) is 36.9 Å². The molecule has 32 heavy (non-hydrogen) atoms. The summed E-state index contributed by atoms with van der Waals surface area (Å²) in [6, 6.07) is 13.0. The van der Waals surface area contributed by atoms with E-state index >= 15 is 0 Å². The number of amides is 1. The van der Waals surface area contributed by atoms with E-state index in [0.717, 1.165) is 47.6 Å². The first-order chi connectivity index (χ1) is 15.3. The summed E-state index contributed by atoms with van der Waals surface area (Å²) in [6.07, 6.45) is -3.74. The average molecular weight is 445 g/mol. The molecule has 1 amide bonds. The Hall–Kier alpha value is -2.91. The van der Waals surface area contributed by atoms with Crippen molar-refractivity contribution in [2.75, 3.05) is 39.8 Å². The lowest BCUT2D eigenvalue weighted by atomic mass is 10.0. The highest BCUT2D eigenvalue weighted by atomic mass is 19.4. The van der Waals surface area contributed by atoms with Crippen LogP contribution < -0.4 is 5.32 Å². The maximum absolute atomic E-state index is 12.8. The quantitative estimate of drug-likeness (QED) is 0.612. The van der Waals surface area contributed by atoms with E-state index in [0.29, 0.717) is 19.5 Å². The molecule has 170 valence electrons. The highest BCUT2D eigenvalue weighted by Crippen LogP contribution is 2.31. The van der Waals surface area contributed by atoms with Crippen molar-refractivity contribution in [3.05, 3.63) is 65.5 Å². The second-order valence-corrected chi connectivity index (χ2v) is 8.15. The first-order valence-electron chi connectivity index (χ1n) is 10.6. The monoisotopic (exact) mass is 445 g/mol. The standard InChI is InChI=1S/C23H26F3N5O/c1-30-12-13-31(14-20(30)16-6-8-17(9-7-16)23(24,25)26)15-22(32)27-11-10-21-28-18-4-2-3-5-19(18)29-21/h2-9,20H,10-15H2,1H3,(H,27,32)(H,28,29). The zero-order valence-corrected chi connectivity index (χ0v) is 17.8. The Morgan fingerprint density at radius 3 is 2.62 bits per heavy atom. The highest BCUT2D eigenvalue weighted by Gasteiger charge is 2.31. The maximum atomic E-state index is 12.8. The first kappa shape index (κ1) is 22.3. The van der Waals surface area contributed by atoms with E-state index in [-0.39, 0.29) is 18.5 Å². The number of imidazole rings is 1. The first-order valence-corrected chi connectivity index (χ1v) is 10.6. The molecule has 3 aromatic rings. The lowest BCUT2D eigenvalue weighted by Gasteiger charge is -2.39. The third-order valence-corrected chi connectivity index (χ3v) is 5.84. The second-order valence-electron chi connectivity index (χ2n) is 8.15. The molecule has 0 aliphatic carbocycles. The van der Waals surface area contributed by atoms with Gasteiger partial charge >= 0.3 is 6.18 Å². The van der Waals surface area contributed by atoms with E-state index in [1.165, 1.54) is 12.1 Å². The van der Waals surface area contributed by atoms with Crippen LogP contribution in [0.5, 0.6) is 0 Å². The van der Waals surface area contributed by atoms with Gasteiger partial charge in [-0.15, -0.1) is 0 Å². The van der Waals surface area contributed by atoms with Gasteiger partial charge in [0.2, 0.25) is 5.91 Å². The summed E-state index contributed by atoms with van der Waals surface area (Å²) in [4.78, 5) is 24.3. The van der Waals surface area contributed by atoms with Crippen molar-refractivity contribution in [3.8, 4) is 0 Å². The van der Waals surface area contributed by atoms with Crippen molar-refractivity contribution in [1.29, 1.82) is 0 Å². The van der Waals surface area contributed by atoms with E-state index in [4.69, 9.17) is 0 Å². The Kier molecular flexibility index (Phi) is 6.48. The van der Waals surface area contributed by atoms with Gasteiger partial charge < -0.3 is 10.3 Å². The van der Waals surface area contributed by atoms with Gasteiger partial charge in [-0.25, -0.2) is 4.98 Å². The van der Waals surface area contributed by atoms with Crippen LogP contribution in [0.3, 0.4) is 0 Å². The van der Waals surface area contributed by atoms with Gasteiger partial charge in [-0.2, -0.15) is 13.2 Å². The summed E-state index contributed by atoms with van der Waals surface area (Å²) in [5.74, 6) is 0.755. The number of nitrogens with one attached hydrogen (secondary N) is 2. The molecule has 1 unspecified atom stereocenters. The van der Waals surface area contributed by atoms with Crippen molar-refractivity contribution in [1.82, 2.24) is 25.1 Å². The maximum Gasteiger partial charge on any atom is 0.416 e. The van der Waals surface area contributed by atoms with Gasteiger partial charge in [0.1, 0.15) is 5.82 Å². The summed E-state index contributed by atoms with van der Waals surface area (Å²) in [5, 5.41) is 2.93. The van der Waals surface area contributed by atoms with E-state index in [2.05, 4.69) is 20.2 Å². The number of para-hydroxylation sites is 2. The summed E-state index contributed by atoms with van der Waals surface area (Å²) in [6.45, 7) is 2.78. The largest absolute Gasteiger partial charge is 0.416 e. The number of halogens is 3. The molecule has 0 radical (unpaired) electrons. The number of hydrogen-bond donors (Lipinski definition) is 2. The molecule has 1 saturated heterocycles. The fourth-order valence-corrected chi connectivity index (χ4v) is 4.03. The van der Waals surface area contributed by atoms with Crippen LogP contribution >= 0.6 is 0 Å². The lowest BCUT2D eigenvalue weighted by molar-refractivity contribution is -0.137. The number of likely N-dealkylation sites (N-methyl/N-ethyl adjacent to an activating group) is 1. The number of carbonyl (C=O) groups excluding carboxylic acids is 1. The Balaban J connectivity index is 1.28. The number of fused-ring (bicyclic) bond motifs is 1. The number of H-pyrrole nitrogens is 1. The third kappa shape index (κ3) is 5.28. The van der Waals surface area contributed by atoms with Crippen LogP contribution in [-0.2, 0) is 17.4 Å². The van der Waals surface area contributed by atoms with Crippen molar-refractivity contribution in [2.24, 2.45) is 0 Å². The van der Waals surface area contributed by atoms with Crippen LogP contribution in [0.15, 0.2) is 48.5 Å². The Labute approximate surface area is 184 Å². The van der Waals surface area contributed by atoms with Gasteiger partial charge in [0, 0.05) is 38.6 Å². The number of benzene rings is 2. The van der Waals surface area contributed by atoms with E-state index in [1.807, 2.05) is 36.2 Å². The van der Waals surface area contributed by atoms with Crippen molar-refractivity contribution < 1.29 is 18.0 Å². The summed E-state index contributed by atoms with van der Waals surface area (Å²) in [7, 11) is 1.95. The zero-order chi connectivity index (χ0) is 22.7. The summed E-state index contributed by atoms with van der Waals surface area (Å²) < 4.78 is 38.5. The molecule has 6 nitrogen and oxygen atoms in total. The van der Waals surface area contributed by atoms with E-state index in [9.17, 15) is 18.0 Å². The zero-order valence-electron chi connectivity index (χ0n) is 17.8. The van der Waals surface area contributed by atoms with E-state index in [1.54, 1.807) is 0 Å². The molecular weight excluding hydrogens is 419 g/mol. The Morgan fingerprint density at radius 1 is 1.16 bits per heavy atom. The predicted molar refractivity (Wildman–Crippen MR) is 116 cm³/mol. The van der Waals surface area contributed by atoms with Crippen LogP contribution in [-0.4, -0.2) is 65.4 Å². The van der Waals surface area contributed by atoms with Crippen molar-refractivity contribution >= 4 is 16.9 Å². The Bertz CT molecular complexity index is 1030. The molecule has 1 aliphatic heterocycles. The molecular formula is C23H26F3N5O. The number of hydrogen-bond acceptors (Lipinski definition) is 4. The number of carbonyl (C=O) groups is 1. The number of nitrogens with zero attached hydrogens (tertiary/aromatic N) is 3. The predicted octanol–water partition coefficient (Wildman–Crippen LogP) is 3.23. The summed E-state index contributed by atoms with van der Waals surface area (Å²) in [5.41, 5.74) is 2.04. The number of rotatable bonds is 6. The van der Waals surface area contributed by atoms with Gasteiger partial charge in [0.15, 0.2) is 0 Å². The van der Waals surface area contributed by atoms with Crippen LogP contribution in [0, 0.1) is 0 Å². The minimum absolute atomic E-state index is 0.0608. The molecule has 2 N–H and O–H groups in total. The van der Waals surface area contributed by atoms with Gasteiger partial charge in [-0.3, -0.25) is 14.6 Å². The molecule has 2 aromatic carbocycles. The molecule has 9 heteroatoms. The fourth-order valence-electron chi connectivity index (χ4n) is 4.03. The van der Waals surface area contributed by atoms with Crippen LogP contribution in [0.4, 0.5) is 13.2 Å². The number of aromatic nitrogens is 2. The second kappa shape index (κ2) is 9.30. The molecule has 2 heterocycles. The van der Waals surface area contributed by atoms with Gasteiger partial charge in [-0.1, -0.05) is 24.3 Å². The normalized spacial score (nSPS) is 18.2. The van der Waals surface area contributed by atoms with Gasteiger partial charge in [0.25, 0.3) is 0 Å². The Morgan fingerprint density at radius 2 is 1.91 bits per heavy atom. The number of aromatic amines is 1.